The maximum Gasteiger partial charge on any atom is 0.136 e. The van der Waals surface area contributed by atoms with E-state index in [9.17, 15) is 10.1 Å². The SMILES string of the molecule is N#CC1(C2COc3ccccc3C2)CC(=O)C1. The lowest BCUT2D eigenvalue weighted by Gasteiger charge is -2.42. The maximum absolute atomic E-state index is 11.2. The van der Waals surface area contributed by atoms with Crippen LogP contribution in [-0.2, 0) is 11.2 Å². The maximum atomic E-state index is 11.2. The molecule has 3 rings (SSSR count). The van der Waals surface area contributed by atoms with Crippen LogP contribution in [0.2, 0.25) is 0 Å². The summed E-state index contributed by atoms with van der Waals surface area (Å²) in [5.41, 5.74) is 0.683. The van der Waals surface area contributed by atoms with Crippen LogP contribution in [0.3, 0.4) is 0 Å². The number of nitriles is 1. The molecule has 3 nitrogen and oxygen atoms in total. The van der Waals surface area contributed by atoms with Crippen molar-refractivity contribution in [3.63, 3.8) is 0 Å². The number of fused-ring (bicyclic) bond motifs is 1. The van der Waals surface area contributed by atoms with Gasteiger partial charge in [0, 0.05) is 18.8 Å². The van der Waals surface area contributed by atoms with Crippen LogP contribution >= 0.6 is 0 Å². The molecule has 1 unspecified atom stereocenters. The highest BCUT2D eigenvalue weighted by molar-refractivity contribution is 5.87. The second-order valence-corrected chi connectivity index (χ2v) is 4.98. The fourth-order valence-corrected chi connectivity index (χ4v) is 2.79. The molecule has 1 aliphatic heterocycles. The zero-order valence-electron chi connectivity index (χ0n) is 9.48. The molecule has 1 fully saturated rings. The monoisotopic (exact) mass is 227 g/mol. The molecular weight excluding hydrogens is 214 g/mol. The molecule has 0 radical (unpaired) electrons. The molecule has 0 aromatic heterocycles. The van der Waals surface area contributed by atoms with Crippen molar-refractivity contribution in [1.82, 2.24) is 0 Å². The number of ketones is 1. The van der Waals surface area contributed by atoms with Crippen molar-refractivity contribution >= 4 is 5.78 Å². The van der Waals surface area contributed by atoms with Crippen LogP contribution < -0.4 is 4.74 Å². The lowest BCUT2D eigenvalue weighted by molar-refractivity contribution is -0.133. The summed E-state index contributed by atoms with van der Waals surface area (Å²) < 4.78 is 5.69. The molecule has 0 amide bonds. The Labute approximate surface area is 100 Å². The van der Waals surface area contributed by atoms with Crippen molar-refractivity contribution in [2.24, 2.45) is 11.3 Å². The van der Waals surface area contributed by atoms with E-state index in [1.807, 2.05) is 24.3 Å². The quantitative estimate of drug-likeness (QED) is 0.738. The Bertz CT molecular complexity index is 507. The van der Waals surface area contributed by atoms with E-state index >= 15 is 0 Å². The molecule has 1 saturated carbocycles. The Kier molecular flexibility index (Phi) is 2.19. The molecule has 86 valence electrons. The smallest absolute Gasteiger partial charge is 0.136 e. The van der Waals surface area contributed by atoms with E-state index in [4.69, 9.17) is 4.74 Å². The van der Waals surface area contributed by atoms with Gasteiger partial charge in [-0.05, 0) is 18.1 Å². The number of ether oxygens (including phenoxy) is 1. The molecule has 0 N–H and O–H groups in total. The van der Waals surface area contributed by atoms with Gasteiger partial charge in [0.25, 0.3) is 0 Å². The fourth-order valence-electron chi connectivity index (χ4n) is 2.79. The molecule has 2 aliphatic rings. The van der Waals surface area contributed by atoms with Gasteiger partial charge in [0.1, 0.15) is 11.5 Å². The van der Waals surface area contributed by atoms with Gasteiger partial charge in [-0.2, -0.15) is 5.26 Å². The average Bonchev–Trinajstić information content (AvgIpc) is 2.34. The highest BCUT2D eigenvalue weighted by Crippen LogP contribution is 2.47. The zero-order chi connectivity index (χ0) is 11.9. The van der Waals surface area contributed by atoms with Gasteiger partial charge in [-0.1, -0.05) is 18.2 Å². The van der Waals surface area contributed by atoms with Gasteiger partial charge in [-0.25, -0.2) is 0 Å². The van der Waals surface area contributed by atoms with Crippen molar-refractivity contribution in [2.45, 2.75) is 19.3 Å². The number of rotatable bonds is 1. The van der Waals surface area contributed by atoms with E-state index in [2.05, 4.69) is 6.07 Å². The molecule has 1 atom stereocenters. The second-order valence-electron chi connectivity index (χ2n) is 4.98. The number of hydrogen-bond donors (Lipinski definition) is 0. The highest BCUT2D eigenvalue weighted by atomic mass is 16.5. The number of carbonyl (C=O) groups is 1. The van der Waals surface area contributed by atoms with E-state index in [1.165, 1.54) is 0 Å². The van der Waals surface area contributed by atoms with Crippen LogP contribution in [0, 0.1) is 22.7 Å². The number of hydrogen-bond acceptors (Lipinski definition) is 3. The van der Waals surface area contributed by atoms with Gasteiger partial charge in [-0.15, -0.1) is 0 Å². The summed E-state index contributed by atoms with van der Waals surface area (Å²) in [4.78, 5) is 11.2. The molecule has 1 heterocycles. The molecule has 3 heteroatoms. The van der Waals surface area contributed by atoms with E-state index in [0.717, 1.165) is 17.7 Å². The summed E-state index contributed by atoms with van der Waals surface area (Å²) in [6.07, 6.45) is 1.65. The first-order valence-electron chi connectivity index (χ1n) is 5.87. The van der Waals surface area contributed by atoms with Crippen LogP contribution in [0.15, 0.2) is 24.3 Å². The van der Waals surface area contributed by atoms with Crippen molar-refractivity contribution in [1.29, 1.82) is 5.26 Å². The summed E-state index contributed by atoms with van der Waals surface area (Å²) in [7, 11) is 0. The molecule has 0 spiro atoms. The Morgan fingerprint density at radius 3 is 2.82 bits per heavy atom. The van der Waals surface area contributed by atoms with Gasteiger partial charge in [0.15, 0.2) is 0 Å². The van der Waals surface area contributed by atoms with Crippen LogP contribution in [0.4, 0.5) is 0 Å². The minimum absolute atomic E-state index is 0.153. The number of nitrogens with zero attached hydrogens (tertiary/aromatic N) is 1. The summed E-state index contributed by atoms with van der Waals surface area (Å²) in [6.45, 7) is 0.553. The van der Waals surface area contributed by atoms with Crippen LogP contribution in [-0.4, -0.2) is 12.4 Å². The van der Waals surface area contributed by atoms with Gasteiger partial charge >= 0.3 is 0 Å². The van der Waals surface area contributed by atoms with E-state index < -0.39 is 5.41 Å². The van der Waals surface area contributed by atoms with Crippen molar-refractivity contribution in [2.75, 3.05) is 6.61 Å². The Morgan fingerprint density at radius 1 is 1.35 bits per heavy atom. The lowest BCUT2D eigenvalue weighted by atomic mass is 9.60. The van der Waals surface area contributed by atoms with E-state index in [0.29, 0.717) is 19.4 Å². The third-order valence-corrected chi connectivity index (χ3v) is 3.91. The standard InChI is InChI=1S/C14H13NO2/c15-9-14(6-12(16)7-14)11-5-10-3-1-2-4-13(10)17-8-11/h1-4,11H,5-8H2. The number of Topliss-reactive ketones (excluding diaryl/α,β-unsaturated/α-hetero) is 1. The first kappa shape index (κ1) is 10.3. The number of carbonyl (C=O) groups excluding carboxylic acids is 1. The summed E-state index contributed by atoms with van der Waals surface area (Å²) in [5.74, 6) is 1.27. The van der Waals surface area contributed by atoms with Gasteiger partial charge < -0.3 is 4.74 Å². The minimum Gasteiger partial charge on any atom is -0.493 e. The van der Waals surface area contributed by atoms with E-state index in [-0.39, 0.29) is 11.7 Å². The van der Waals surface area contributed by atoms with Gasteiger partial charge in [-0.3, -0.25) is 4.79 Å². The summed E-state index contributed by atoms with van der Waals surface area (Å²) in [5, 5.41) is 9.30. The summed E-state index contributed by atoms with van der Waals surface area (Å²) in [6, 6.07) is 10.3. The largest absolute Gasteiger partial charge is 0.493 e. The summed E-state index contributed by atoms with van der Waals surface area (Å²) >= 11 is 0. The van der Waals surface area contributed by atoms with Gasteiger partial charge in [0.2, 0.25) is 0 Å². The highest BCUT2D eigenvalue weighted by Gasteiger charge is 2.51. The first-order chi connectivity index (χ1) is 8.23. The molecule has 1 aromatic carbocycles. The zero-order valence-corrected chi connectivity index (χ0v) is 9.48. The topological polar surface area (TPSA) is 50.1 Å². The average molecular weight is 227 g/mol. The fraction of sp³-hybridized carbons (Fsp3) is 0.429. The third-order valence-electron chi connectivity index (χ3n) is 3.91. The normalized spacial score (nSPS) is 25.1. The Hall–Kier alpha value is -1.82. The van der Waals surface area contributed by atoms with Crippen LogP contribution in [0.1, 0.15) is 18.4 Å². The molecule has 0 bridgehead atoms. The van der Waals surface area contributed by atoms with Crippen molar-refractivity contribution in [3.8, 4) is 11.8 Å². The molecule has 1 aliphatic carbocycles. The molecule has 17 heavy (non-hydrogen) atoms. The number of para-hydroxylation sites is 1. The Morgan fingerprint density at radius 2 is 2.12 bits per heavy atom. The van der Waals surface area contributed by atoms with Crippen molar-refractivity contribution in [3.05, 3.63) is 29.8 Å². The Balaban J connectivity index is 1.85. The predicted octanol–water partition coefficient (Wildman–Crippen LogP) is 2.11. The lowest BCUT2D eigenvalue weighted by Crippen LogP contribution is -2.46. The van der Waals surface area contributed by atoms with Crippen LogP contribution in [0.25, 0.3) is 0 Å². The van der Waals surface area contributed by atoms with Gasteiger partial charge in [0.05, 0.1) is 18.1 Å². The van der Waals surface area contributed by atoms with Crippen molar-refractivity contribution < 1.29 is 9.53 Å². The molecule has 1 aromatic rings. The molecular formula is C14H13NO2. The number of benzene rings is 1. The third kappa shape index (κ3) is 1.52. The molecule has 0 saturated heterocycles. The van der Waals surface area contributed by atoms with Crippen LogP contribution in [0.5, 0.6) is 5.75 Å². The van der Waals surface area contributed by atoms with E-state index in [1.54, 1.807) is 0 Å². The first-order valence-corrected chi connectivity index (χ1v) is 5.87. The second kappa shape index (κ2) is 3.59. The minimum atomic E-state index is -0.468. The predicted molar refractivity (Wildman–Crippen MR) is 61.4 cm³/mol.